The molecule has 0 bridgehead atoms. The zero-order chi connectivity index (χ0) is 14.9. The minimum atomic E-state index is 0.170. The van der Waals surface area contributed by atoms with Gasteiger partial charge in [0, 0.05) is 28.8 Å². The number of imidazole rings is 1. The number of rotatable bonds is 3. The number of aryl methyl sites for hydroxylation is 1. The predicted octanol–water partition coefficient (Wildman–Crippen LogP) is 4.10. The summed E-state index contributed by atoms with van der Waals surface area (Å²) in [4.78, 5) is 4.30. The zero-order valence-electron chi connectivity index (χ0n) is 12.5. The molecular weight excluding hydrogens is 326 g/mol. The SMILES string of the molecule is Cc1nccn1-c1ccc(C2(CN)CCCCC2)cc1Br. The second-order valence-electron chi connectivity index (χ2n) is 6.06. The minimum Gasteiger partial charge on any atom is -0.330 e. The van der Waals surface area contributed by atoms with Crippen LogP contribution in [0.15, 0.2) is 35.1 Å². The average molecular weight is 348 g/mol. The maximum atomic E-state index is 6.15. The van der Waals surface area contributed by atoms with Gasteiger partial charge in [0.15, 0.2) is 0 Å². The van der Waals surface area contributed by atoms with Crippen LogP contribution < -0.4 is 5.73 Å². The summed E-state index contributed by atoms with van der Waals surface area (Å²) in [6, 6.07) is 6.69. The Morgan fingerprint density at radius 2 is 2.05 bits per heavy atom. The van der Waals surface area contributed by atoms with Crippen molar-refractivity contribution >= 4 is 15.9 Å². The number of benzene rings is 1. The van der Waals surface area contributed by atoms with Gasteiger partial charge in [0.2, 0.25) is 0 Å². The Morgan fingerprint density at radius 3 is 2.62 bits per heavy atom. The third-order valence-electron chi connectivity index (χ3n) is 4.85. The molecule has 1 saturated carbocycles. The number of hydrogen-bond donors (Lipinski definition) is 1. The van der Waals surface area contributed by atoms with Crippen LogP contribution in [0.3, 0.4) is 0 Å². The van der Waals surface area contributed by atoms with Gasteiger partial charge in [-0.15, -0.1) is 0 Å². The molecule has 0 amide bonds. The fraction of sp³-hybridized carbons (Fsp3) is 0.471. The van der Waals surface area contributed by atoms with Gasteiger partial charge in [-0.25, -0.2) is 4.98 Å². The first kappa shape index (κ1) is 14.8. The molecule has 3 rings (SSSR count). The highest BCUT2D eigenvalue weighted by Crippen LogP contribution is 2.40. The summed E-state index contributed by atoms with van der Waals surface area (Å²) in [7, 11) is 0. The van der Waals surface area contributed by atoms with Gasteiger partial charge in [-0.2, -0.15) is 0 Å². The van der Waals surface area contributed by atoms with E-state index in [0.717, 1.165) is 22.5 Å². The first-order chi connectivity index (χ1) is 10.2. The molecule has 1 aromatic carbocycles. The topological polar surface area (TPSA) is 43.8 Å². The number of hydrogen-bond acceptors (Lipinski definition) is 2. The van der Waals surface area contributed by atoms with Crippen molar-refractivity contribution < 1.29 is 0 Å². The van der Waals surface area contributed by atoms with E-state index in [-0.39, 0.29) is 5.41 Å². The maximum absolute atomic E-state index is 6.15. The van der Waals surface area contributed by atoms with Crippen molar-refractivity contribution in [3.8, 4) is 5.69 Å². The molecule has 21 heavy (non-hydrogen) atoms. The normalized spacial score (nSPS) is 17.9. The molecule has 0 unspecified atom stereocenters. The van der Waals surface area contributed by atoms with Gasteiger partial charge in [-0.05, 0) is 53.4 Å². The van der Waals surface area contributed by atoms with E-state index in [4.69, 9.17) is 5.73 Å². The number of halogens is 1. The van der Waals surface area contributed by atoms with Crippen LogP contribution in [0.4, 0.5) is 0 Å². The largest absolute Gasteiger partial charge is 0.330 e. The Kier molecular flexibility index (Phi) is 4.18. The summed E-state index contributed by atoms with van der Waals surface area (Å²) >= 11 is 3.73. The first-order valence-corrected chi connectivity index (χ1v) is 8.46. The second-order valence-corrected chi connectivity index (χ2v) is 6.91. The number of aromatic nitrogens is 2. The van der Waals surface area contributed by atoms with Gasteiger partial charge in [0.25, 0.3) is 0 Å². The summed E-state index contributed by atoms with van der Waals surface area (Å²) in [6.07, 6.45) is 10.2. The lowest BCUT2D eigenvalue weighted by molar-refractivity contribution is 0.300. The Labute approximate surface area is 134 Å². The Morgan fingerprint density at radius 1 is 1.29 bits per heavy atom. The Hall–Kier alpha value is -1.13. The highest BCUT2D eigenvalue weighted by atomic mass is 79.9. The van der Waals surface area contributed by atoms with E-state index in [1.165, 1.54) is 37.7 Å². The van der Waals surface area contributed by atoms with Crippen LogP contribution >= 0.6 is 15.9 Å². The van der Waals surface area contributed by atoms with Crippen LogP contribution in [-0.4, -0.2) is 16.1 Å². The number of nitrogens with zero attached hydrogens (tertiary/aromatic N) is 2. The lowest BCUT2D eigenvalue weighted by Crippen LogP contribution is -2.37. The average Bonchev–Trinajstić information content (AvgIpc) is 2.94. The third kappa shape index (κ3) is 2.67. The van der Waals surface area contributed by atoms with Crippen molar-refractivity contribution in [3.05, 3.63) is 46.5 Å². The van der Waals surface area contributed by atoms with E-state index in [1.807, 2.05) is 19.3 Å². The third-order valence-corrected chi connectivity index (χ3v) is 5.48. The minimum absolute atomic E-state index is 0.170. The zero-order valence-corrected chi connectivity index (χ0v) is 14.1. The summed E-state index contributed by atoms with van der Waals surface area (Å²) in [5.41, 5.74) is 8.83. The summed E-state index contributed by atoms with van der Waals surface area (Å²) in [5, 5.41) is 0. The van der Waals surface area contributed by atoms with Crippen molar-refractivity contribution in [2.45, 2.75) is 44.4 Å². The lowest BCUT2D eigenvalue weighted by atomic mass is 9.69. The van der Waals surface area contributed by atoms with Gasteiger partial charge in [0.05, 0.1) is 5.69 Å². The molecule has 0 saturated heterocycles. The molecule has 1 heterocycles. The van der Waals surface area contributed by atoms with Crippen molar-refractivity contribution in [2.24, 2.45) is 5.73 Å². The molecule has 4 heteroatoms. The molecule has 1 aliphatic carbocycles. The Balaban J connectivity index is 1.99. The van der Waals surface area contributed by atoms with Crippen molar-refractivity contribution in [1.29, 1.82) is 0 Å². The fourth-order valence-electron chi connectivity index (χ4n) is 3.50. The van der Waals surface area contributed by atoms with E-state index in [9.17, 15) is 0 Å². The van der Waals surface area contributed by atoms with Gasteiger partial charge in [-0.1, -0.05) is 25.3 Å². The molecule has 112 valence electrons. The number of nitrogens with two attached hydrogens (primary N) is 1. The lowest BCUT2D eigenvalue weighted by Gasteiger charge is -2.37. The molecule has 1 aromatic heterocycles. The monoisotopic (exact) mass is 347 g/mol. The molecule has 2 N–H and O–H groups in total. The smallest absolute Gasteiger partial charge is 0.110 e. The molecule has 2 aromatic rings. The summed E-state index contributed by atoms with van der Waals surface area (Å²) in [6.45, 7) is 2.76. The molecule has 0 aliphatic heterocycles. The maximum Gasteiger partial charge on any atom is 0.110 e. The van der Waals surface area contributed by atoms with E-state index < -0.39 is 0 Å². The fourth-order valence-corrected chi connectivity index (χ4v) is 4.07. The molecule has 3 nitrogen and oxygen atoms in total. The van der Waals surface area contributed by atoms with E-state index >= 15 is 0 Å². The van der Waals surface area contributed by atoms with Gasteiger partial charge >= 0.3 is 0 Å². The predicted molar refractivity (Wildman–Crippen MR) is 89.8 cm³/mol. The van der Waals surface area contributed by atoms with E-state index in [1.54, 1.807) is 0 Å². The molecule has 0 spiro atoms. The van der Waals surface area contributed by atoms with Crippen LogP contribution in [0.2, 0.25) is 0 Å². The molecule has 1 fully saturated rings. The van der Waals surface area contributed by atoms with Crippen molar-refractivity contribution in [3.63, 3.8) is 0 Å². The van der Waals surface area contributed by atoms with Crippen LogP contribution in [0, 0.1) is 6.92 Å². The summed E-state index contributed by atoms with van der Waals surface area (Å²) < 4.78 is 3.21. The van der Waals surface area contributed by atoms with Crippen LogP contribution in [0.5, 0.6) is 0 Å². The van der Waals surface area contributed by atoms with Crippen molar-refractivity contribution in [2.75, 3.05) is 6.54 Å². The summed E-state index contributed by atoms with van der Waals surface area (Å²) in [5.74, 6) is 0.995. The van der Waals surface area contributed by atoms with Crippen LogP contribution in [0.1, 0.15) is 43.5 Å². The van der Waals surface area contributed by atoms with E-state index in [0.29, 0.717) is 0 Å². The Bertz CT molecular complexity index is 627. The first-order valence-electron chi connectivity index (χ1n) is 7.67. The molecular formula is C17H22BrN3. The molecule has 0 radical (unpaired) electrons. The van der Waals surface area contributed by atoms with Gasteiger partial charge in [0.1, 0.15) is 5.82 Å². The molecule has 0 atom stereocenters. The van der Waals surface area contributed by atoms with Gasteiger partial charge in [-0.3, -0.25) is 0 Å². The second kappa shape index (κ2) is 5.93. The van der Waals surface area contributed by atoms with Gasteiger partial charge < -0.3 is 10.3 Å². The standard InChI is InChI=1S/C17H22BrN3/c1-13-20-9-10-21(13)16-6-5-14(11-15(16)18)17(12-19)7-3-2-4-8-17/h5-6,9-11H,2-4,7-8,12,19H2,1H3. The van der Waals surface area contributed by atoms with Crippen molar-refractivity contribution in [1.82, 2.24) is 9.55 Å². The van der Waals surface area contributed by atoms with Crippen LogP contribution in [-0.2, 0) is 5.41 Å². The highest BCUT2D eigenvalue weighted by Gasteiger charge is 2.32. The highest BCUT2D eigenvalue weighted by molar-refractivity contribution is 9.10. The van der Waals surface area contributed by atoms with Crippen LogP contribution in [0.25, 0.3) is 5.69 Å². The quantitative estimate of drug-likeness (QED) is 0.907. The van der Waals surface area contributed by atoms with E-state index in [2.05, 4.69) is 43.7 Å². The molecule has 1 aliphatic rings.